The van der Waals surface area contributed by atoms with Gasteiger partial charge in [-0.15, -0.1) is 0 Å². The van der Waals surface area contributed by atoms with Gasteiger partial charge in [0.25, 0.3) is 0 Å². The second-order valence-electron chi connectivity index (χ2n) is 4.53. The molecule has 1 rings (SSSR count). The monoisotopic (exact) mass is 188 g/mol. The molecule has 13 heavy (non-hydrogen) atoms. The molecule has 4 heteroatoms. The van der Waals surface area contributed by atoms with E-state index in [1.807, 2.05) is 0 Å². The summed E-state index contributed by atoms with van der Waals surface area (Å²) in [5, 5.41) is 5.36. The quantitative estimate of drug-likeness (QED) is 0.604. The minimum atomic E-state index is 0.823. The Morgan fingerprint density at radius 2 is 1.85 bits per heavy atom. The summed E-state index contributed by atoms with van der Waals surface area (Å²) in [5.41, 5.74) is 0. The van der Waals surface area contributed by atoms with Gasteiger partial charge >= 0.3 is 0 Å². The van der Waals surface area contributed by atoms with Gasteiger partial charge in [0.1, 0.15) is 13.2 Å². The Labute approximate surface area is 81.0 Å². The Bertz CT molecular complexity index is 138. The third kappa shape index (κ3) is 5.21. The van der Waals surface area contributed by atoms with Crippen molar-refractivity contribution in [1.82, 2.24) is 10.4 Å². The third-order valence-corrected chi connectivity index (χ3v) is 2.11. The van der Waals surface area contributed by atoms with Gasteiger partial charge in [-0.25, -0.2) is 0 Å². The topological polar surface area (TPSA) is 24.5 Å². The molecule has 0 spiro atoms. The second kappa shape index (κ2) is 4.91. The highest BCUT2D eigenvalue weighted by Crippen LogP contribution is 1.95. The zero-order chi connectivity index (χ0) is 9.73. The Morgan fingerprint density at radius 3 is 2.38 bits per heavy atom. The first kappa shape index (κ1) is 10.9. The van der Waals surface area contributed by atoms with Crippen LogP contribution in [-0.4, -0.2) is 70.0 Å². The van der Waals surface area contributed by atoms with Crippen molar-refractivity contribution < 1.29 is 9.32 Å². The van der Waals surface area contributed by atoms with Crippen LogP contribution in [-0.2, 0) is 4.84 Å². The lowest BCUT2D eigenvalue weighted by Crippen LogP contribution is -2.45. The van der Waals surface area contributed by atoms with E-state index in [9.17, 15) is 0 Å². The number of hydrogen-bond acceptors (Lipinski definition) is 3. The van der Waals surface area contributed by atoms with Crippen LogP contribution in [0.15, 0.2) is 0 Å². The third-order valence-electron chi connectivity index (χ3n) is 2.11. The van der Waals surface area contributed by atoms with Crippen molar-refractivity contribution in [2.45, 2.75) is 0 Å². The van der Waals surface area contributed by atoms with E-state index in [-0.39, 0.29) is 0 Å². The Balaban J connectivity index is 2.04. The van der Waals surface area contributed by atoms with Crippen LogP contribution in [0.2, 0.25) is 0 Å². The molecule has 0 bridgehead atoms. The average molecular weight is 188 g/mol. The molecule has 0 amide bonds. The maximum absolute atomic E-state index is 5.64. The van der Waals surface area contributed by atoms with Gasteiger partial charge in [0.2, 0.25) is 0 Å². The minimum absolute atomic E-state index is 0.823. The fourth-order valence-electron chi connectivity index (χ4n) is 1.22. The predicted molar refractivity (Wildman–Crippen MR) is 53.3 cm³/mol. The van der Waals surface area contributed by atoms with Gasteiger partial charge in [-0.1, -0.05) is 0 Å². The molecule has 0 aliphatic carbocycles. The molecule has 1 aliphatic heterocycles. The molecule has 0 aromatic rings. The Kier molecular flexibility index (Phi) is 4.12. The summed E-state index contributed by atoms with van der Waals surface area (Å²) in [6, 6.07) is 0. The van der Waals surface area contributed by atoms with Crippen LogP contribution in [0, 0.1) is 0 Å². The normalized spacial score (nSPS) is 20.5. The number of hydrogen-bond donors (Lipinski definition) is 1. The molecule has 0 unspecified atom stereocenters. The first-order valence-electron chi connectivity index (χ1n) is 4.97. The van der Waals surface area contributed by atoms with Gasteiger partial charge in [-0.2, -0.15) is 5.06 Å². The molecule has 0 saturated carbocycles. The van der Waals surface area contributed by atoms with E-state index in [2.05, 4.69) is 31.5 Å². The number of quaternary nitrogens is 1. The molecule has 0 aromatic carbocycles. The molecule has 4 nitrogen and oxygen atoms in total. The van der Waals surface area contributed by atoms with Gasteiger partial charge in [-0.05, 0) is 0 Å². The number of hydroxylamine groups is 2. The van der Waals surface area contributed by atoms with Crippen molar-refractivity contribution in [2.75, 3.05) is 60.5 Å². The summed E-state index contributed by atoms with van der Waals surface area (Å²) < 4.78 is 0.964. The van der Waals surface area contributed by atoms with Crippen molar-refractivity contribution in [3.8, 4) is 0 Å². The van der Waals surface area contributed by atoms with E-state index < -0.39 is 0 Å². The van der Waals surface area contributed by atoms with E-state index in [1.165, 1.54) is 0 Å². The Hall–Kier alpha value is -0.160. The fourth-order valence-corrected chi connectivity index (χ4v) is 1.22. The van der Waals surface area contributed by atoms with Crippen LogP contribution < -0.4 is 5.32 Å². The van der Waals surface area contributed by atoms with E-state index >= 15 is 0 Å². The summed E-state index contributed by atoms with van der Waals surface area (Å²) in [5.74, 6) is 0. The molecule has 1 saturated heterocycles. The largest absolute Gasteiger partial charge is 0.329 e. The summed E-state index contributed by atoms with van der Waals surface area (Å²) in [6.45, 7) is 6.00. The standard InChI is InChI=1S/C9H22N3O/c1-12(2,3)8-9-13-11-6-4-10-5-7-11/h10H,4-9H2,1-3H3/q+1. The van der Waals surface area contributed by atoms with Crippen molar-refractivity contribution in [3.05, 3.63) is 0 Å². The van der Waals surface area contributed by atoms with Crippen molar-refractivity contribution in [2.24, 2.45) is 0 Å². The van der Waals surface area contributed by atoms with Crippen LogP contribution >= 0.6 is 0 Å². The average Bonchev–Trinajstić information content (AvgIpc) is 2.04. The second-order valence-corrected chi connectivity index (χ2v) is 4.53. The summed E-state index contributed by atoms with van der Waals surface area (Å²) in [6.07, 6.45) is 0. The van der Waals surface area contributed by atoms with Crippen LogP contribution in [0.4, 0.5) is 0 Å². The van der Waals surface area contributed by atoms with Crippen molar-refractivity contribution in [1.29, 1.82) is 0 Å². The summed E-state index contributed by atoms with van der Waals surface area (Å²) in [4.78, 5) is 5.64. The maximum atomic E-state index is 5.64. The number of nitrogens with zero attached hydrogens (tertiary/aromatic N) is 2. The molecular weight excluding hydrogens is 166 g/mol. The van der Waals surface area contributed by atoms with Crippen molar-refractivity contribution in [3.63, 3.8) is 0 Å². The highest BCUT2D eigenvalue weighted by atomic mass is 16.7. The molecule has 78 valence electrons. The van der Waals surface area contributed by atoms with Gasteiger partial charge in [0, 0.05) is 26.2 Å². The van der Waals surface area contributed by atoms with Gasteiger partial charge in [0.15, 0.2) is 0 Å². The SMILES string of the molecule is C[N+](C)(C)CCON1CCNCC1. The first-order chi connectivity index (χ1) is 6.08. The smallest absolute Gasteiger partial charge is 0.117 e. The van der Waals surface area contributed by atoms with Crippen LogP contribution in [0.5, 0.6) is 0 Å². The maximum Gasteiger partial charge on any atom is 0.117 e. The number of nitrogens with one attached hydrogen (secondary N) is 1. The molecule has 0 radical (unpaired) electrons. The predicted octanol–water partition coefficient (Wildman–Crippen LogP) is -0.471. The number of likely N-dealkylation sites (N-methyl/N-ethyl adjacent to an activating group) is 1. The lowest BCUT2D eigenvalue weighted by molar-refractivity contribution is -0.871. The number of rotatable bonds is 4. The summed E-state index contributed by atoms with van der Waals surface area (Å²) >= 11 is 0. The molecule has 1 aliphatic rings. The lowest BCUT2D eigenvalue weighted by atomic mass is 10.4. The molecule has 0 atom stereocenters. The van der Waals surface area contributed by atoms with Gasteiger partial charge < -0.3 is 9.80 Å². The Morgan fingerprint density at radius 1 is 1.23 bits per heavy atom. The van der Waals surface area contributed by atoms with Gasteiger partial charge in [-0.3, -0.25) is 4.84 Å². The van der Waals surface area contributed by atoms with Crippen LogP contribution in [0.25, 0.3) is 0 Å². The molecular formula is C9H22N3O+. The lowest BCUT2D eigenvalue weighted by Gasteiger charge is -2.29. The summed E-state index contributed by atoms with van der Waals surface area (Å²) in [7, 11) is 6.54. The van der Waals surface area contributed by atoms with Crippen LogP contribution in [0.1, 0.15) is 0 Å². The van der Waals surface area contributed by atoms with Crippen LogP contribution in [0.3, 0.4) is 0 Å². The molecule has 1 fully saturated rings. The highest BCUT2D eigenvalue weighted by molar-refractivity contribution is 4.59. The molecule has 0 aromatic heterocycles. The zero-order valence-corrected chi connectivity index (χ0v) is 9.05. The van der Waals surface area contributed by atoms with Crippen molar-refractivity contribution >= 4 is 0 Å². The van der Waals surface area contributed by atoms with Gasteiger partial charge in [0.05, 0.1) is 21.1 Å². The molecule has 1 heterocycles. The number of piperazine rings is 1. The minimum Gasteiger partial charge on any atom is -0.329 e. The zero-order valence-electron chi connectivity index (χ0n) is 9.05. The van der Waals surface area contributed by atoms with E-state index in [1.54, 1.807) is 0 Å². The van der Waals surface area contributed by atoms with E-state index in [4.69, 9.17) is 4.84 Å². The highest BCUT2D eigenvalue weighted by Gasteiger charge is 2.12. The van der Waals surface area contributed by atoms with E-state index in [0.29, 0.717) is 0 Å². The first-order valence-corrected chi connectivity index (χ1v) is 4.97. The van der Waals surface area contributed by atoms with E-state index in [0.717, 1.165) is 43.8 Å². The fraction of sp³-hybridized carbons (Fsp3) is 1.00. The molecule has 1 N–H and O–H groups in total.